The summed E-state index contributed by atoms with van der Waals surface area (Å²) >= 11 is 0. The molecule has 1 heterocycles. The van der Waals surface area contributed by atoms with Gasteiger partial charge in [-0.05, 0) is 49.2 Å². The fraction of sp³-hybridized carbons (Fsp3) is 0.333. The molecule has 2 aromatic rings. The van der Waals surface area contributed by atoms with E-state index in [-0.39, 0.29) is 11.8 Å². The molecule has 1 saturated heterocycles. The first-order chi connectivity index (χ1) is 13.1. The summed E-state index contributed by atoms with van der Waals surface area (Å²) in [4.78, 5) is 26.4. The Balaban J connectivity index is 1.79. The number of hydrogen-bond donors (Lipinski definition) is 1. The van der Waals surface area contributed by atoms with Crippen molar-refractivity contribution in [3.05, 3.63) is 48.0 Å². The van der Waals surface area contributed by atoms with Crippen LogP contribution in [0.25, 0.3) is 0 Å². The Bertz CT molecular complexity index is 835. The van der Waals surface area contributed by atoms with E-state index in [1.807, 2.05) is 13.0 Å². The highest BCUT2D eigenvalue weighted by atomic mass is 16.5. The number of hydrogen-bond acceptors (Lipinski definition) is 4. The Morgan fingerprint density at radius 1 is 1.22 bits per heavy atom. The summed E-state index contributed by atoms with van der Waals surface area (Å²) in [5.74, 6) is 1.11. The SMILES string of the molecule is CCCOc1cccc(C(=O)Nc2ccc(OC)c(N3CCCC3=O)c2)c1. The fourth-order valence-electron chi connectivity index (χ4n) is 3.03. The minimum atomic E-state index is -0.235. The highest BCUT2D eigenvalue weighted by Gasteiger charge is 2.25. The van der Waals surface area contributed by atoms with Crippen molar-refractivity contribution < 1.29 is 19.1 Å². The van der Waals surface area contributed by atoms with Crippen LogP contribution in [0.4, 0.5) is 11.4 Å². The smallest absolute Gasteiger partial charge is 0.255 e. The maximum absolute atomic E-state index is 12.6. The van der Waals surface area contributed by atoms with E-state index in [1.54, 1.807) is 48.4 Å². The molecule has 0 atom stereocenters. The van der Waals surface area contributed by atoms with Crippen LogP contribution in [0.15, 0.2) is 42.5 Å². The van der Waals surface area contributed by atoms with Gasteiger partial charge in [-0.3, -0.25) is 9.59 Å². The van der Waals surface area contributed by atoms with Crippen molar-refractivity contribution in [3.8, 4) is 11.5 Å². The van der Waals surface area contributed by atoms with E-state index in [1.165, 1.54) is 0 Å². The van der Waals surface area contributed by atoms with Crippen molar-refractivity contribution in [3.63, 3.8) is 0 Å². The van der Waals surface area contributed by atoms with E-state index in [4.69, 9.17) is 9.47 Å². The molecule has 0 aliphatic carbocycles. The number of anilines is 2. The van der Waals surface area contributed by atoms with Crippen LogP contribution in [0.1, 0.15) is 36.5 Å². The molecule has 0 saturated carbocycles. The van der Waals surface area contributed by atoms with Gasteiger partial charge in [-0.1, -0.05) is 13.0 Å². The molecule has 6 nitrogen and oxygen atoms in total. The van der Waals surface area contributed by atoms with Crippen molar-refractivity contribution in [1.29, 1.82) is 0 Å². The standard InChI is InChI=1S/C21H24N2O4/c1-3-12-27-17-7-4-6-15(13-17)21(25)22-16-9-10-19(26-2)18(14-16)23-11-5-8-20(23)24/h4,6-7,9-10,13-14H,3,5,8,11-12H2,1-2H3,(H,22,25). The second-order valence-corrected chi connectivity index (χ2v) is 6.37. The normalized spacial score (nSPS) is 13.6. The average Bonchev–Trinajstić information content (AvgIpc) is 3.12. The van der Waals surface area contributed by atoms with Gasteiger partial charge >= 0.3 is 0 Å². The molecule has 6 heteroatoms. The predicted octanol–water partition coefficient (Wildman–Crippen LogP) is 3.86. The summed E-state index contributed by atoms with van der Waals surface area (Å²) in [5.41, 5.74) is 1.80. The van der Waals surface area contributed by atoms with E-state index in [0.29, 0.717) is 48.0 Å². The predicted molar refractivity (Wildman–Crippen MR) is 105 cm³/mol. The summed E-state index contributed by atoms with van der Waals surface area (Å²) < 4.78 is 11.0. The topological polar surface area (TPSA) is 67.9 Å². The number of rotatable bonds is 7. The maximum Gasteiger partial charge on any atom is 0.255 e. The third kappa shape index (κ3) is 4.39. The van der Waals surface area contributed by atoms with Gasteiger partial charge in [-0.15, -0.1) is 0 Å². The van der Waals surface area contributed by atoms with Crippen LogP contribution in [0, 0.1) is 0 Å². The molecular formula is C21H24N2O4. The van der Waals surface area contributed by atoms with Gasteiger partial charge in [0.1, 0.15) is 11.5 Å². The zero-order valence-electron chi connectivity index (χ0n) is 15.7. The summed E-state index contributed by atoms with van der Waals surface area (Å²) in [6.07, 6.45) is 2.26. The number of benzene rings is 2. The third-order valence-corrected chi connectivity index (χ3v) is 4.37. The van der Waals surface area contributed by atoms with Crippen molar-refractivity contribution in [2.75, 3.05) is 30.5 Å². The lowest BCUT2D eigenvalue weighted by molar-refractivity contribution is -0.117. The molecule has 1 aliphatic heterocycles. The molecular weight excluding hydrogens is 344 g/mol. The lowest BCUT2D eigenvalue weighted by Crippen LogP contribution is -2.24. The Kier molecular flexibility index (Phi) is 5.96. The van der Waals surface area contributed by atoms with Gasteiger partial charge in [-0.25, -0.2) is 0 Å². The molecule has 0 spiro atoms. The number of nitrogens with one attached hydrogen (secondary N) is 1. The summed E-state index contributed by atoms with van der Waals surface area (Å²) in [7, 11) is 1.57. The first kappa shape index (κ1) is 18.8. The van der Waals surface area contributed by atoms with Crippen LogP contribution < -0.4 is 19.7 Å². The first-order valence-electron chi connectivity index (χ1n) is 9.15. The van der Waals surface area contributed by atoms with Crippen molar-refractivity contribution >= 4 is 23.2 Å². The maximum atomic E-state index is 12.6. The van der Waals surface area contributed by atoms with Crippen LogP contribution >= 0.6 is 0 Å². The molecule has 2 aromatic carbocycles. The molecule has 1 N–H and O–H groups in total. The van der Waals surface area contributed by atoms with Crippen LogP contribution in [0.2, 0.25) is 0 Å². The Morgan fingerprint density at radius 2 is 2.07 bits per heavy atom. The molecule has 3 rings (SSSR count). The van der Waals surface area contributed by atoms with Crippen molar-refractivity contribution in [2.45, 2.75) is 26.2 Å². The summed E-state index contributed by atoms with van der Waals surface area (Å²) in [6.45, 7) is 3.29. The zero-order chi connectivity index (χ0) is 19.2. The number of amides is 2. The van der Waals surface area contributed by atoms with Gasteiger partial charge in [0.2, 0.25) is 5.91 Å². The minimum absolute atomic E-state index is 0.0672. The largest absolute Gasteiger partial charge is 0.495 e. The van der Waals surface area contributed by atoms with Crippen LogP contribution in [-0.4, -0.2) is 32.1 Å². The molecule has 142 valence electrons. The van der Waals surface area contributed by atoms with Gasteiger partial charge in [0.05, 0.1) is 19.4 Å². The number of carbonyl (C=O) groups is 2. The number of nitrogens with zero attached hydrogens (tertiary/aromatic N) is 1. The van der Waals surface area contributed by atoms with Gasteiger partial charge in [0, 0.05) is 24.2 Å². The van der Waals surface area contributed by atoms with Crippen LogP contribution in [-0.2, 0) is 4.79 Å². The van der Waals surface area contributed by atoms with E-state index < -0.39 is 0 Å². The Morgan fingerprint density at radius 3 is 2.78 bits per heavy atom. The van der Waals surface area contributed by atoms with E-state index >= 15 is 0 Å². The van der Waals surface area contributed by atoms with Gasteiger partial charge in [0.25, 0.3) is 5.91 Å². The first-order valence-corrected chi connectivity index (χ1v) is 9.15. The fourth-order valence-corrected chi connectivity index (χ4v) is 3.03. The highest BCUT2D eigenvalue weighted by molar-refractivity contribution is 6.05. The summed E-state index contributed by atoms with van der Waals surface area (Å²) in [6, 6.07) is 12.4. The molecule has 0 unspecified atom stereocenters. The summed E-state index contributed by atoms with van der Waals surface area (Å²) in [5, 5.41) is 2.88. The average molecular weight is 368 g/mol. The van der Waals surface area contributed by atoms with Gasteiger partial charge < -0.3 is 19.7 Å². The molecule has 27 heavy (non-hydrogen) atoms. The molecule has 1 fully saturated rings. The van der Waals surface area contributed by atoms with E-state index in [9.17, 15) is 9.59 Å². The highest BCUT2D eigenvalue weighted by Crippen LogP contribution is 2.34. The van der Waals surface area contributed by atoms with Crippen LogP contribution in [0.5, 0.6) is 11.5 Å². The monoisotopic (exact) mass is 368 g/mol. The second kappa shape index (κ2) is 8.58. The van der Waals surface area contributed by atoms with Gasteiger partial charge in [-0.2, -0.15) is 0 Å². The van der Waals surface area contributed by atoms with Crippen LogP contribution in [0.3, 0.4) is 0 Å². The van der Waals surface area contributed by atoms with E-state index in [2.05, 4.69) is 5.32 Å². The molecule has 2 amide bonds. The van der Waals surface area contributed by atoms with Crippen molar-refractivity contribution in [1.82, 2.24) is 0 Å². The molecule has 0 radical (unpaired) electrons. The lowest BCUT2D eigenvalue weighted by atomic mass is 10.2. The van der Waals surface area contributed by atoms with Gasteiger partial charge in [0.15, 0.2) is 0 Å². The molecule has 0 aromatic heterocycles. The molecule has 1 aliphatic rings. The van der Waals surface area contributed by atoms with Crippen molar-refractivity contribution in [2.24, 2.45) is 0 Å². The van der Waals surface area contributed by atoms with E-state index in [0.717, 1.165) is 12.8 Å². The lowest BCUT2D eigenvalue weighted by Gasteiger charge is -2.20. The third-order valence-electron chi connectivity index (χ3n) is 4.37. The minimum Gasteiger partial charge on any atom is -0.495 e. The number of methoxy groups -OCH3 is 1. The number of ether oxygens (including phenoxy) is 2. The Labute approximate surface area is 159 Å². The second-order valence-electron chi connectivity index (χ2n) is 6.37. The Hall–Kier alpha value is -3.02. The quantitative estimate of drug-likeness (QED) is 0.806. The number of carbonyl (C=O) groups excluding carboxylic acids is 2. The molecule has 0 bridgehead atoms. The zero-order valence-corrected chi connectivity index (χ0v) is 15.7.